The van der Waals surface area contributed by atoms with E-state index in [9.17, 15) is 5.11 Å². The van der Waals surface area contributed by atoms with E-state index in [-0.39, 0.29) is 6.10 Å². The second-order valence-corrected chi connectivity index (χ2v) is 5.08. The predicted molar refractivity (Wildman–Crippen MR) is 66.6 cm³/mol. The molecule has 4 nitrogen and oxygen atoms in total. The van der Waals surface area contributed by atoms with Gasteiger partial charge >= 0.3 is 0 Å². The van der Waals surface area contributed by atoms with Gasteiger partial charge in [0.1, 0.15) is 12.2 Å². The van der Waals surface area contributed by atoms with Crippen LogP contribution in [-0.2, 0) is 13.0 Å². The highest BCUT2D eigenvalue weighted by Crippen LogP contribution is 2.29. The molecule has 1 unspecified atom stereocenters. The van der Waals surface area contributed by atoms with Crippen LogP contribution < -0.4 is 0 Å². The highest BCUT2D eigenvalue weighted by molar-refractivity contribution is 4.87. The zero-order valence-corrected chi connectivity index (χ0v) is 10.7. The summed E-state index contributed by atoms with van der Waals surface area (Å²) in [6, 6.07) is 0. The molecule has 0 bridgehead atoms. The lowest BCUT2D eigenvalue weighted by Gasteiger charge is -2.13. The molecule has 1 N–H and O–H groups in total. The van der Waals surface area contributed by atoms with E-state index in [4.69, 9.17) is 0 Å². The van der Waals surface area contributed by atoms with Crippen molar-refractivity contribution in [2.45, 2.75) is 64.5 Å². The molecule has 1 aromatic heterocycles. The van der Waals surface area contributed by atoms with Crippen molar-refractivity contribution in [2.75, 3.05) is 0 Å². The first-order valence-corrected chi connectivity index (χ1v) is 6.84. The lowest BCUT2D eigenvalue weighted by molar-refractivity contribution is 0.151. The van der Waals surface area contributed by atoms with E-state index in [1.807, 2.05) is 11.6 Å². The van der Waals surface area contributed by atoms with Crippen LogP contribution in [0.4, 0.5) is 0 Å². The maximum absolute atomic E-state index is 10.0. The van der Waals surface area contributed by atoms with E-state index in [2.05, 4.69) is 10.1 Å². The standard InChI is InChI=1S/C13H23N3O/c1-2-16-13(14-10-15-16)9-12(17)8-7-11-5-3-4-6-11/h10-12,17H,2-9H2,1H3. The van der Waals surface area contributed by atoms with Crippen molar-refractivity contribution < 1.29 is 5.11 Å². The number of aliphatic hydroxyl groups excluding tert-OH is 1. The third kappa shape index (κ3) is 3.53. The summed E-state index contributed by atoms with van der Waals surface area (Å²) in [5, 5.41) is 14.1. The molecule has 0 aromatic carbocycles. The first-order valence-electron chi connectivity index (χ1n) is 6.84. The maximum Gasteiger partial charge on any atom is 0.138 e. The van der Waals surface area contributed by atoms with Crippen molar-refractivity contribution in [3.05, 3.63) is 12.2 Å². The highest BCUT2D eigenvalue weighted by Gasteiger charge is 2.17. The summed E-state index contributed by atoms with van der Waals surface area (Å²) in [6.07, 6.45) is 9.50. The Hall–Kier alpha value is -0.900. The molecule has 4 heteroatoms. The molecule has 0 aliphatic heterocycles. The van der Waals surface area contributed by atoms with E-state index >= 15 is 0 Å². The molecule has 0 saturated heterocycles. The molecule has 1 atom stereocenters. The van der Waals surface area contributed by atoms with Crippen molar-refractivity contribution in [2.24, 2.45) is 5.92 Å². The van der Waals surface area contributed by atoms with Gasteiger partial charge in [0.15, 0.2) is 0 Å². The molecule has 0 radical (unpaired) electrons. The molecular weight excluding hydrogens is 214 g/mol. The van der Waals surface area contributed by atoms with Crippen LogP contribution in [0.1, 0.15) is 51.3 Å². The average molecular weight is 237 g/mol. The Bertz CT molecular complexity index is 331. The molecule has 1 aliphatic rings. The lowest BCUT2D eigenvalue weighted by Crippen LogP contribution is -2.16. The first kappa shape index (κ1) is 12.6. The van der Waals surface area contributed by atoms with Crippen LogP contribution in [0.2, 0.25) is 0 Å². The van der Waals surface area contributed by atoms with Crippen LogP contribution in [0.3, 0.4) is 0 Å². The number of hydrogen-bond donors (Lipinski definition) is 1. The molecule has 2 rings (SSSR count). The Morgan fingerprint density at radius 2 is 2.24 bits per heavy atom. The normalized spacial score (nSPS) is 18.7. The van der Waals surface area contributed by atoms with Gasteiger partial charge in [-0.05, 0) is 25.7 Å². The number of rotatable bonds is 6. The Labute approximate surface area is 103 Å². The zero-order valence-electron chi connectivity index (χ0n) is 10.7. The number of aryl methyl sites for hydroxylation is 1. The lowest BCUT2D eigenvalue weighted by atomic mass is 9.98. The Kier molecular flexibility index (Phi) is 4.54. The van der Waals surface area contributed by atoms with Crippen LogP contribution in [0.15, 0.2) is 6.33 Å². The van der Waals surface area contributed by atoms with Gasteiger partial charge in [0, 0.05) is 13.0 Å². The van der Waals surface area contributed by atoms with Crippen molar-refractivity contribution in [1.29, 1.82) is 0 Å². The van der Waals surface area contributed by atoms with Gasteiger partial charge in [-0.3, -0.25) is 4.68 Å². The number of nitrogens with zero attached hydrogens (tertiary/aromatic N) is 3. The Morgan fingerprint density at radius 3 is 2.94 bits per heavy atom. The Balaban J connectivity index is 1.74. The van der Waals surface area contributed by atoms with Gasteiger partial charge in [-0.25, -0.2) is 4.98 Å². The second-order valence-electron chi connectivity index (χ2n) is 5.08. The highest BCUT2D eigenvalue weighted by atomic mass is 16.3. The van der Waals surface area contributed by atoms with Crippen LogP contribution >= 0.6 is 0 Å². The van der Waals surface area contributed by atoms with Gasteiger partial charge in [0.2, 0.25) is 0 Å². The number of aromatic nitrogens is 3. The van der Waals surface area contributed by atoms with E-state index in [1.165, 1.54) is 32.1 Å². The van der Waals surface area contributed by atoms with E-state index < -0.39 is 0 Å². The maximum atomic E-state index is 10.0. The minimum Gasteiger partial charge on any atom is -0.393 e. The summed E-state index contributed by atoms with van der Waals surface area (Å²) in [7, 11) is 0. The quantitative estimate of drug-likeness (QED) is 0.825. The summed E-state index contributed by atoms with van der Waals surface area (Å²) >= 11 is 0. The fraction of sp³-hybridized carbons (Fsp3) is 0.846. The second kappa shape index (κ2) is 6.15. The van der Waals surface area contributed by atoms with Gasteiger partial charge in [-0.15, -0.1) is 0 Å². The molecule has 17 heavy (non-hydrogen) atoms. The summed E-state index contributed by atoms with van der Waals surface area (Å²) in [5.74, 6) is 1.76. The predicted octanol–water partition coefficient (Wildman–Crippen LogP) is 2.17. The van der Waals surface area contributed by atoms with Crippen molar-refractivity contribution in [1.82, 2.24) is 14.8 Å². The summed E-state index contributed by atoms with van der Waals surface area (Å²) in [5.41, 5.74) is 0. The monoisotopic (exact) mass is 237 g/mol. The first-order chi connectivity index (χ1) is 8.29. The minimum absolute atomic E-state index is 0.259. The molecule has 1 saturated carbocycles. The molecule has 1 heterocycles. The van der Waals surface area contributed by atoms with Crippen LogP contribution in [-0.4, -0.2) is 26.0 Å². The van der Waals surface area contributed by atoms with Gasteiger partial charge in [-0.2, -0.15) is 5.10 Å². The summed E-state index contributed by atoms with van der Waals surface area (Å²) in [6.45, 7) is 2.87. The molecule has 0 spiro atoms. The fourth-order valence-electron chi connectivity index (χ4n) is 2.75. The van der Waals surface area contributed by atoms with Crippen molar-refractivity contribution in [3.8, 4) is 0 Å². The van der Waals surface area contributed by atoms with Gasteiger partial charge in [0.25, 0.3) is 0 Å². The third-order valence-electron chi connectivity index (χ3n) is 3.80. The average Bonchev–Trinajstić information content (AvgIpc) is 2.97. The van der Waals surface area contributed by atoms with Crippen molar-refractivity contribution >= 4 is 0 Å². The Morgan fingerprint density at radius 1 is 1.47 bits per heavy atom. The topological polar surface area (TPSA) is 50.9 Å². The zero-order chi connectivity index (χ0) is 12.1. The van der Waals surface area contributed by atoms with Crippen molar-refractivity contribution in [3.63, 3.8) is 0 Å². The smallest absolute Gasteiger partial charge is 0.138 e. The van der Waals surface area contributed by atoms with E-state index in [1.54, 1.807) is 6.33 Å². The largest absolute Gasteiger partial charge is 0.393 e. The number of aliphatic hydroxyl groups is 1. The molecule has 1 fully saturated rings. The van der Waals surface area contributed by atoms with Crippen LogP contribution in [0.25, 0.3) is 0 Å². The molecule has 96 valence electrons. The van der Waals surface area contributed by atoms with Gasteiger partial charge in [-0.1, -0.05) is 25.7 Å². The fourth-order valence-corrected chi connectivity index (χ4v) is 2.75. The third-order valence-corrected chi connectivity index (χ3v) is 3.80. The SMILES string of the molecule is CCn1ncnc1CC(O)CCC1CCCC1. The molecule has 1 aromatic rings. The molecular formula is C13H23N3O. The van der Waals surface area contributed by atoms with Gasteiger partial charge < -0.3 is 5.11 Å². The summed E-state index contributed by atoms with van der Waals surface area (Å²) < 4.78 is 1.86. The molecule has 1 aliphatic carbocycles. The van der Waals surface area contributed by atoms with E-state index in [0.717, 1.165) is 24.7 Å². The number of hydrogen-bond acceptors (Lipinski definition) is 3. The minimum atomic E-state index is -0.259. The van der Waals surface area contributed by atoms with E-state index in [0.29, 0.717) is 6.42 Å². The summed E-state index contributed by atoms with van der Waals surface area (Å²) in [4.78, 5) is 4.20. The van der Waals surface area contributed by atoms with Gasteiger partial charge in [0.05, 0.1) is 6.10 Å². The van der Waals surface area contributed by atoms with Crippen LogP contribution in [0.5, 0.6) is 0 Å². The molecule has 0 amide bonds. The van der Waals surface area contributed by atoms with Crippen LogP contribution in [0, 0.1) is 5.92 Å².